The van der Waals surface area contributed by atoms with Crippen LogP contribution in [0.5, 0.6) is 11.5 Å². The molecule has 1 aliphatic heterocycles. The molecule has 0 aliphatic carbocycles. The zero-order chi connectivity index (χ0) is 54.6. The minimum absolute atomic E-state index is 0.137. The highest BCUT2D eigenvalue weighted by molar-refractivity contribution is 7.12. The minimum atomic E-state index is -1.32. The molecule has 1 aliphatic rings. The number of ether oxygens (including phenoxy) is 2. The SMILES string of the molecule is Cc1nc(NCCCc2cccc(O)c2)nc(C)c1C(=O)N[C@@H](CNC(=O)c1cccs1)C(=O)O.Cc1nc(NCCCc2cccc(O)c2)nc(C)c1C(=O)N[C@@H](CNC(=O)c1cccs1)C(=O)OC1CCOCC1. The van der Waals surface area contributed by atoms with Crippen LogP contribution in [0, 0.1) is 27.7 Å². The van der Waals surface area contributed by atoms with Gasteiger partial charge in [-0.05, 0) is 112 Å². The number of hydrogen-bond donors (Lipinski definition) is 9. The number of aromatic nitrogens is 4. The summed E-state index contributed by atoms with van der Waals surface area (Å²) in [6.45, 7) is 8.48. The second-order valence-electron chi connectivity index (χ2n) is 17.6. The van der Waals surface area contributed by atoms with Gasteiger partial charge in [-0.1, -0.05) is 36.4 Å². The van der Waals surface area contributed by atoms with Crippen molar-refractivity contribution in [3.05, 3.63) is 138 Å². The molecule has 0 saturated carbocycles. The van der Waals surface area contributed by atoms with Gasteiger partial charge >= 0.3 is 11.9 Å². The number of nitrogens with one attached hydrogen (secondary N) is 6. The third-order valence-corrected chi connectivity index (χ3v) is 13.5. The van der Waals surface area contributed by atoms with Crippen LogP contribution in [0.15, 0.2) is 83.6 Å². The predicted octanol–water partition coefficient (Wildman–Crippen LogP) is 5.67. The van der Waals surface area contributed by atoms with E-state index in [1.54, 1.807) is 93.1 Å². The molecule has 6 aromatic rings. The van der Waals surface area contributed by atoms with Crippen LogP contribution in [-0.4, -0.2) is 128 Å². The van der Waals surface area contributed by atoms with Crippen LogP contribution in [-0.2, 0) is 31.9 Å². The van der Waals surface area contributed by atoms with E-state index in [1.165, 1.54) is 22.7 Å². The highest BCUT2D eigenvalue weighted by Gasteiger charge is 2.30. The molecule has 2 aromatic carbocycles. The van der Waals surface area contributed by atoms with E-state index in [2.05, 4.69) is 51.8 Å². The van der Waals surface area contributed by atoms with E-state index in [0.717, 1.165) is 36.8 Å². The number of phenols is 2. The van der Waals surface area contributed by atoms with Gasteiger partial charge in [-0.15, -0.1) is 22.7 Å². The van der Waals surface area contributed by atoms with Crippen LogP contribution in [0.1, 0.15) is 99.6 Å². The Balaban J connectivity index is 0.000000250. The summed E-state index contributed by atoms with van der Waals surface area (Å²) in [5.74, 6) is -2.58. The van der Waals surface area contributed by atoms with E-state index in [0.29, 0.717) is 83.6 Å². The van der Waals surface area contributed by atoms with E-state index < -0.39 is 41.7 Å². The number of carbonyl (C=O) groups is 6. The molecule has 2 atom stereocenters. The summed E-state index contributed by atoms with van der Waals surface area (Å²) < 4.78 is 11.0. The molecule has 4 aromatic heterocycles. The first-order valence-electron chi connectivity index (χ1n) is 24.5. The molecule has 0 spiro atoms. The lowest BCUT2D eigenvalue weighted by atomic mass is 10.1. The van der Waals surface area contributed by atoms with Gasteiger partial charge in [-0.25, -0.2) is 29.5 Å². The highest BCUT2D eigenvalue weighted by atomic mass is 32.1. The summed E-state index contributed by atoms with van der Waals surface area (Å²) in [5, 5.41) is 48.9. The molecule has 76 heavy (non-hydrogen) atoms. The number of carboxylic acids is 1. The number of aryl methyl sites for hydroxylation is 6. The second kappa shape index (κ2) is 28.6. The topological polar surface area (TPSA) is 305 Å². The number of anilines is 2. The zero-order valence-electron chi connectivity index (χ0n) is 42.5. The fourth-order valence-corrected chi connectivity index (χ4v) is 9.21. The number of carbonyl (C=O) groups excluding carboxylic acids is 5. The number of amides is 4. The molecule has 1 fully saturated rings. The molecular formula is C53H62N10O11S2. The highest BCUT2D eigenvalue weighted by Crippen LogP contribution is 2.19. The minimum Gasteiger partial charge on any atom is -0.508 e. The van der Waals surface area contributed by atoms with E-state index in [9.17, 15) is 44.1 Å². The Hall–Kier alpha value is -8.02. The lowest BCUT2D eigenvalue weighted by molar-refractivity contribution is -0.155. The van der Waals surface area contributed by atoms with Gasteiger partial charge in [0.1, 0.15) is 29.7 Å². The lowest BCUT2D eigenvalue weighted by Crippen LogP contribution is -2.50. The van der Waals surface area contributed by atoms with Crippen LogP contribution in [0.4, 0.5) is 11.9 Å². The first-order chi connectivity index (χ1) is 36.5. The Morgan fingerprint density at radius 3 is 1.46 bits per heavy atom. The number of rotatable bonds is 23. The second-order valence-corrected chi connectivity index (χ2v) is 19.5. The van der Waals surface area contributed by atoms with Crippen molar-refractivity contribution in [1.29, 1.82) is 0 Å². The number of benzene rings is 2. The van der Waals surface area contributed by atoms with Gasteiger partial charge in [0.2, 0.25) is 11.9 Å². The summed E-state index contributed by atoms with van der Waals surface area (Å²) in [6.07, 6.45) is 3.94. The van der Waals surface area contributed by atoms with Gasteiger partial charge in [0.05, 0.1) is 56.9 Å². The number of nitrogens with zero attached hydrogens (tertiary/aromatic N) is 4. The Labute approximate surface area is 447 Å². The number of thiophene rings is 2. The van der Waals surface area contributed by atoms with Crippen LogP contribution < -0.4 is 31.9 Å². The summed E-state index contributed by atoms with van der Waals surface area (Å²) >= 11 is 2.51. The van der Waals surface area contributed by atoms with E-state index in [4.69, 9.17) is 9.47 Å². The van der Waals surface area contributed by atoms with Crippen molar-refractivity contribution in [2.24, 2.45) is 0 Å². The molecule has 1 saturated heterocycles. The molecule has 5 heterocycles. The summed E-state index contributed by atoms with van der Waals surface area (Å²) in [5.41, 5.74) is 4.19. The Morgan fingerprint density at radius 2 is 1.05 bits per heavy atom. The van der Waals surface area contributed by atoms with E-state index in [-0.39, 0.29) is 47.7 Å². The van der Waals surface area contributed by atoms with Crippen LogP contribution in [0.25, 0.3) is 0 Å². The first kappa shape index (κ1) is 57.3. The number of esters is 1. The maximum atomic E-state index is 13.4. The van der Waals surface area contributed by atoms with E-state index >= 15 is 0 Å². The van der Waals surface area contributed by atoms with Crippen molar-refractivity contribution in [1.82, 2.24) is 41.2 Å². The smallest absolute Gasteiger partial charge is 0.330 e. The molecule has 9 N–H and O–H groups in total. The third-order valence-electron chi connectivity index (χ3n) is 11.7. The summed E-state index contributed by atoms with van der Waals surface area (Å²) in [7, 11) is 0. The van der Waals surface area contributed by atoms with Crippen molar-refractivity contribution in [3.63, 3.8) is 0 Å². The average molecular weight is 1080 g/mol. The standard InChI is InChI=1S/C29H35N5O6S.C24H27N5O5S/c1-18-25(19(2)33-29(32-18)30-12-4-7-20-6-3-8-21(35)16-20)27(37)34-23(17-31-26(36)24-9-5-15-41-24)28(38)40-22-10-13-39-14-11-22;1-14-20(22(32)29-18(23(33)34)13-26-21(31)19-9-5-11-35-19)15(2)28-24(27-14)25-10-4-7-16-6-3-8-17(30)12-16/h3,5-6,8-9,15-16,22-23,35H,4,7,10-14,17H2,1-2H3,(H,31,36)(H,34,37)(H,30,32,33);3,5-6,8-9,11-12,18,30H,4,7,10,13H2,1-2H3,(H,26,31)(H,29,32)(H,33,34)(H,25,27,28)/t23-;18-/m00/s1. The first-order valence-corrected chi connectivity index (χ1v) is 26.3. The average Bonchev–Trinajstić information content (AvgIpc) is 4.14. The number of hydrogen-bond acceptors (Lipinski definition) is 18. The Morgan fingerprint density at radius 1 is 0.618 bits per heavy atom. The summed E-state index contributed by atoms with van der Waals surface area (Å²) in [6, 6.07) is 18.6. The molecule has 0 bridgehead atoms. The predicted molar refractivity (Wildman–Crippen MR) is 286 cm³/mol. The van der Waals surface area contributed by atoms with Crippen molar-refractivity contribution in [2.75, 3.05) is 50.0 Å². The van der Waals surface area contributed by atoms with Gasteiger partial charge in [0.15, 0.2) is 0 Å². The van der Waals surface area contributed by atoms with Gasteiger partial charge in [0.25, 0.3) is 23.6 Å². The van der Waals surface area contributed by atoms with Gasteiger partial charge < -0.3 is 56.7 Å². The quantitative estimate of drug-likeness (QED) is 0.0276. The van der Waals surface area contributed by atoms with Crippen molar-refractivity contribution in [3.8, 4) is 11.5 Å². The summed E-state index contributed by atoms with van der Waals surface area (Å²) in [4.78, 5) is 94.0. The maximum Gasteiger partial charge on any atom is 0.330 e. The van der Waals surface area contributed by atoms with Gasteiger partial charge in [-0.3, -0.25) is 19.2 Å². The van der Waals surface area contributed by atoms with Crippen LogP contribution >= 0.6 is 22.7 Å². The van der Waals surface area contributed by atoms with E-state index in [1.807, 2.05) is 18.2 Å². The van der Waals surface area contributed by atoms with Gasteiger partial charge in [-0.2, -0.15) is 0 Å². The largest absolute Gasteiger partial charge is 0.508 e. The molecule has 7 rings (SSSR count). The van der Waals surface area contributed by atoms with Crippen molar-refractivity contribution < 1.29 is 53.6 Å². The van der Waals surface area contributed by atoms with Gasteiger partial charge in [0, 0.05) is 39.0 Å². The van der Waals surface area contributed by atoms with Crippen LogP contribution in [0.3, 0.4) is 0 Å². The van der Waals surface area contributed by atoms with Crippen LogP contribution in [0.2, 0.25) is 0 Å². The number of phenolic OH excluding ortho intramolecular Hbond substituents is 2. The monoisotopic (exact) mass is 1080 g/mol. The number of aliphatic carboxylic acids is 1. The molecular weight excluding hydrogens is 1020 g/mol. The molecule has 0 radical (unpaired) electrons. The van der Waals surface area contributed by atoms with Crippen molar-refractivity contribution >= 4 is 70.1 Å². The molecule has 4 amide bonds. The third kappa shape index (κ3) is 17.6. The molecule has 0 unspecified atom stereocenters. The fraction of sp³-hybridized carbons (Fsp3) is 0.358. The molecule has 23 heteroatoms. The maximum absolute atomic E-state index is 13.4. The molecule has 402 valence electrons. The zero-order valence-corrected chi connectivity index (χ0v) is 44.1. The Kier molecular flexibility index (Phi) is 21.5. The number of aromatic hydroxyl groups is 2. The Bertz CT molecular complexity index is 2890. The lowest BCUT2D eigenvalue weighted by Gasteiger charge is -2.25. The number of carboxylic acid groups (broad SMARTS) is 1. The van der Waals surface area contributed by atoms with Crippen molar-refractivity contribution in [2.45, 2.75) is 84.4 Å². The fourth-order valence-electron chi connectivity index (χ4n) is 7.93. The molecule has 21 nitrogen and oxygen atoms in total. The normalized spacial score (nSPS) is 12.9.